The average Bonchev–Trinajstić information content (AvgIpc) is 2.77. The second kappa shape index (κ2) is 4.83. The summed E-state index contributed by atoms with van der Waals surface area (Å²) in [6.07, 6.45) is 2.64. The van der Waals surface area contributed by atoms with Crippen LogP contribution in [0, 0.1) is 0 Å². The number of Topliss-reactive ketones (excluding diaryl/α,β-unsaturated/α-hetero) is 1. The van der Waals surface area contributed by atoms with Gasteiger partial charge >= 0.3 is 5.69 Å². The zero-order valence-electron chi connectivity index (χ0n) is 11.2. The normalized spacial score (nSPS) is 11.1. The van der Waals surface area contributed by atoms with Crippen molar-refractivity contribution in [1.29, 1.82) is 0 Å². The van der Waals surface area contributed by atoms with Crippen molar-refractivity contribution in [2.45, 2.75) is 26.3 Å². The van der Waals surface area contributed by atoms with Gasteiger partial charge in [0.05, 0.1) is 6.33 Å². The molecule has 2 aromatic heterocycles. The molecule has 7 heteroatoms. The van der Waals surface area contributed by atoms with Crippen LogP contribution >= 0.6 is 0 Å². The van der Waals surface area contributed by atoms with Crippen LogP contribution in [0.25, 0.3) is 11.2 Å². The first-order valence-electron chi connectivity index (χ1n) is 6.03. The number of rotatable bonds is 4. The number of hydrogen-bond acceptors (Lipinski definition) is 4. The van der Waals surface area contributed by atoms with Crippen molar-refractivity contribution in [3.8, 4) is 0 Å². The lowest BCUT2D eigenvalue weighted by Crippen LogP contribution is -2.37. The Morgan fingerprint density at radius 3 is 2.58 bits per heavy atom. The quantitative estimate of drug-likeness (QED) is 0.766. The van der Waals surface area contributed by atoms with Crippen LogP contribution in [-0.2, 0) is 25.4 Å². The summed E-state index contributed by atoms with van der Waals surface area (Å²) < 4.78 is 4.10. The highest BCUT2D eigenvalue weighted by molar-refractivity contribution is 5.75. The second-order valence-electron chi connectivity index (χ2n) is 4.62. The number of hydrogen-bond donors (Lipinski definition) is 0. The van der Waals surface area contributed by atoms with Gasteiger partial charge < -0.3 is 9.36 Å². The molecule has 2 aromatic rings. The molecule has 0 aliphatic heterocycles. The third-order valence-corrected chi connectivity index (χ3v) is 3.15. The molecular weight excluding hydrogens is 248 g/mol. The van der Waals surface area contributed by atoms with Gasteiger partial charge in [0, 0.05) is 27.1 Å². The number of ketones is 1. The molecule has 2 heterocycles. The van der Waals surface area contributed by atoms with E-state index < -0.39 is 5.69 Å². The molecule has 0 fully saturated rings. The predicted octanol–water partition coefficient (Wildman–Crippen LogP) is -0.197. The zero-order chi connectivity index (χ0) is 14.2. The van der Waals surface area contributed by atoms with Crippen molar-refractivity contribution in [3.63, 3.8) is 0 Å². The molecule has 102 valence electrons. The summed E-state index contributed by atoms with van der Waals surface area (Å²) in [5.74, 6) is 0.115. The lowest BCUT2D eigenvalue weighted by Gasteiger charge is -2.06. The van der Waals surface area contributed by atoms with Gasteiger partial charge in [-0.1, -0.05) is 0 Å². The molecule has 0 aliphatic rings. The van der Waals surface area contributed by atoms with Crippen LogP contribution < -0.4 is 11.2 Å². The Kier molecular flexibility index (Phi) is 3.37. The summed E-state index contributed by atoms with van der Waals surface area (Å²) in [5, 5.41) is 0. The van der Waals surface area contributed by atoms with Crippen LogP contribution in [0.1, 0.15) is 19.8 Å². The van der Waals surface area contributed by atoms with Gasteiger partial charge in [-0.05, 0) is 13.3 Å². The van der Waals surface area contributed by atoms with Crippen molar-refractivity contribution in [2.24, 2.45) is 14.1 Å². The number of fused-ring (bicyclic) bond motifs is 1. The van der Waals surface area contributed by atoms with E-state index in [1.54, 1.807) is 11.6 Å². The molecule has 0 bridgehead atoms. The Hall–Kier alpha value is -2.18. The van der Waals surface area contributed by atoms with Crippen molar-refractivity contribution < 1.29 is 4.79 Å². The largest absolute Gasteiger partial charge is 0.332 e. The van der Waals surface area contributed by atoms with Crippen LogP contribution in [0.5, 0.6) is 0 Å². The number of nitrogens with zero attached hydrogens (tertiary/aromatic N) is 4. The van der Waals surface area contributed by atoms with Crippen molar-refractivity contribution >= 4 is 16.9 Å². The molecule has 0 saturated heterocycles. The summed E-state index contributed by atoms with van der Waals surface area (Å²) >= 11 is 0. The molecule has 0 atom stereocenters. The molecule has 0 amide bonds. The molecule has 0 aromatic carbocycles. The lowest BCUT2D eigenvalue weighted by atomic mass is 10.2. The van der Waals surface area contributed by atoms with Gasteiger partial charge in [-0.25, -0.2) is 9.78 Å². The second-order valence-corrected chi connectivity index (χ2v) is 4.62. The maximum Gasteiger partial charge on any atom is 0.332 e. The fraction of sp³-hybridized carbons (Fsp3) is 0.500. The van der Waals surface area contributed by atoms with Gasteiger partial charge in [0.2, 0.25) is 0 Å². The van der Waals surface area contributed by atoms with Gasteiger partial charge in [0.1, 0.15) is 5.78 Å². The van der Waals surface area contributed by atoms with E-state index >= 15 is 0 Å². The van der Waals surface area contributed by atoms with Gasteiger partial charge in [0.25, 0.3) is 5.56 Å². The van der Waals surface area contributed by atoms with E-state index in [4.69, 9.17) is 0 Å². The van der Waals surface area contributed by atoms with Gasteiger partial charge in [0.15, 0.2) is 11.2 Å². The number of aromatic nitrogens is 4. The Labute approximate surface area is 109 Å². The third kappa shape index (κ3) is 2.23. The molecule has 7 nitrogen and oxygen atoms in total. The number of carbonyl (C=O) groups is 1. The first kappa shape index (κ1) is 13.3. The molecule has 0 aliphatic carbocycles. The highest BCUT2D eigenvalue weighted by Gasteiger charge is 2.13. The highest BCUT2D eigenvalue weighted by atomic mass is 16.2. The molecule has 2 rings (SSSR count). The summed E-state index contributed by atoms with van der Waals surface area (Å²) in [5.41, 5.74) is 0.00832. The fourth-order valence-corrected chi connectivity index (χ4v) is 2.06. The molecule has 0 spiro atoms. The number of carbonyl (C=O) groups excluding carboxylic acids is 1. The third-order valence-electron chi connectivity index (χ3n) is 3.15. The predicted molar refractivity (Wildman–Crippen MR) is 70.1 cm³/mol. The Morgan fingerprint density at radius 2 is 1.95 bits per heavy atom. The van der Waals surface area contributed by atoms with E-state index in [1.807, 2.05) is 0 Å². The number of imidazole rings is 1. The molecule has 0 N–H and O–H groups in total. The van der Waals surface area contributed by atoms with E-state index in [1.165, 1.54) is 24.9 Å². The molecule has 0 unspecified atom stereocenters. The van der Waals surface area contributed by atoms with E-state index in [0.29, 0.717) is 30.6 Å². The Balaban J connectivity index is 2.51. The molecular formula is C12H16N4O3. The van der Waals surface area contributed by atoms with Crippen LogP contribution in [0.4, 0.5) is 0 Å². The Morgan fingerprint density at radius 1 is 1.26 bits per heavy atom. The smallest absolute Gasteiger partial charge is 0.325 e. The van der Waals surface area contributed by atoms with Crippen molar-refractivity contribution in [1.82, 2.24) is 18.7 Å². The van der Waals surface area contributed by atoms with Gasteiger partial charge in [-0.15, -0.1) is 0 Å². The minimum Gasteiger partial charge on any atom is -0.325 e. The lowest BCUT2D eigenvalue weighted by molar-refractivity contribution is -0.117. The Bertz CT molecular complexity index is 751. The van der Waals surface area contributed by atoms with Gasteiger partial charge in [-0.3, -0.25) is 13.9 Å². The highest BCUT2D eigenvalue weighted by Crippen LogP contribution is 2.07. The average molecular weight is 264 g/mol. The van der Waals surface area contributed by atoms with E-state index in [0.717, 1.165) is 4.57 Å². The minimum absolute atomic E-state index is 0.115. The maximum absolute atomic E-state index is 12.1. The van der Waals surface area contributed by atoms with Crippen molar-refractivity contribution in [2.75, 3.05) is 0 Å². The van der Waals surface area contributed by atoms with E-state index in [9.17, 15) is 14.4 Å². The first-order chi connectivity index (χ1) is 8.93. The van der Waals surface area contributed by atoms with Crippen LogP contribution in [-0.4, -0.2) is 24.5 Å². The van der Waals surface area contributed by atoms with Crippen LogP contribution in [0.3, 0.4) is 0 Å². The first-order valence-corrected chi connectivity index (χ1v) is 6.03. The van der Waals surface area contributed by atoms with Crippen LogP contribution in [0.2, 0.25) is 0 Å². The van der Waals surface area contributed by atoms with Crippen molar-refractivity contribution in [3.05, 3.63) is 27.2 Å². The topological polar surface area (TPSA) is 78.9 Å². The fourth-order valence-electron chi connectivity index (χ4n) is 2.06. The SMILES string of the molecule is CC(=O)CCCn1cnc2c1c(=O)n(C)c(=O)n2C. The van der Waals surface area contributed by atoms with Crippen LogP contribution in [0.15, 0.2) is 15.9 Å². The van der Waals surface area contributed by atoms with Gasteiger partial charge in [-0.2, -0.15) is 0 Å². The summed E-state index contributed by atoms with van der Waals surface area (Å²) in [6.45, 7) is 2.07. The number of aryl methyl sites for hydroxylation is 2. The summed E-state index contributed by atoms with van der Waals surface area (Å²) in [7, 11) is 3.02. The molecule has 19 heavy (non-hydrogen) atoms. The van der Waals surface area contributed by atoms with E-state index in [-0.39, 0.29) is 11.3 Å². The monoisotopic (exact) mass is 264 g/mol. The molecule has 0 saturated carbocycles. The standard InChI is InChI=1S/C12H16N4O3/c1-8(17)5-4-6-16-7-13-10-9(16)11(18)15(3)12(19)14(10)2/h7H,4-6H2,1-3H3. The minimum atomic E-state index is -0.397. The summed E-state index contributed by atoms with van der Waals surface area (Å²) in [4.78, 5) is 38.9. The summed E-state index contributed by atoms with van der Waals surface area (Å²) in [6, 6.07) is 0. The van der Waals surface area contributed by atoms with E-state index in [2.05, 4.69) is 4.98 Å². The maximum atomic E-state index is 12.1. The zero-order valence-corrected chi connectivity index (χ0v) is 11.2. The molecule has 0 radical (unpaired) electrons.